The fraction of sp³-hybridized carbons (Fsp3) is 0.304. The topological polar surface area (TPSA) is 29.3 Å². The summed E-state index contributed by atoms with van der Waals surface area (Å²) >= 11 is 0. The van der Waals surface area contributed by atoms with Crippen LogP contribution in [-0.2, 0) is 6.42 Å². The Bertz CT molecular complexity index is 1010. The summed E-state index contributed by atoms with van der Waals surface area (Å²) < 4.78 is 0. The smallest absolute Gasteiger partial charge is 0.0275 e. The Hall–Kier alpha value is -2.16. The number of nitrogens with two attached hydrogens (primary N) is 1. The highest BCUT2D eigenvalue weighted by Gasteiger charge is 2.16. The van der Waals surface area contributed by atoms with E-state index in [0.29, 0.717) is 0 Å². The molecule has 0 aromatic heterocycles. The van der Waals surface area contributed by atoms with Crippen LogP contribution in [0.1, 0.15) is 30.5 Å². The van der Waals surface area contributed by atoms with Crippen LogP contribution in [0.4, 0.5) is 0 Å². The second-order valence-corrected chi connectivity index (χ2v) is 7.50. The predicted molar refractivity (Wildman–Crippen MR) is 110 cm³/mol. The number of hydrogen-bond donors (Lipinski definition) is 1. The van der Waals surface area contributed by atoms with Crippen molar-refractivity contribution in [3.05, 3.63) is 59.7 Å². The molecule has 0 aliphatic heterocycles. The van der Waals surface area contributed by atoms with E-state index in [1.165, 1.54) is 43.4 Å². The van der Waals surface area contributed by atoms with Crippen molar-refractivity contribution in [2.24, 2.45) is 5.73 Å². The Labute approximate surface area is 149 Å². The summed E-state index contributed by atoms with van der Waals surface area (Å²) in [6.45, 7) is 3.21. The normalized spacial score (nSPS) is 13.5. The number of hydrogen-bond acceptors (Lipinski definition) is 2. The summed E-state index contributed by atoms with van der Waals surface area (Å²) in [6, 6.07) is 18.0. The first kappa shape index (κ1) is 16.3. The summed E-state index contributed by atoms with van der Waals surface area (Å²) in [5.74, 6) is 0. The van der Waals surface area contributed by atoms with Crippen LogP contribution in [0.3, 0.4) is 0 Å². The standard InChI is InChI=1S/C23H26N2/c1-15(24)21-18(8-5-13-25(2)3)14-19-10-9-16-6-4-7-17-11-12-20(21)23(19)22(16)17/h4,6-7,9-12,14-15H,5,8,13,24H2,1-3H3. The Morgan fingerprint density at radius 3 is 2.28 bits per heavy atom. The van der Waals surface area contributed by atoms with Crippen molar-refractivity contribution in [3.8, 4) is 0 Å². The van der Waals surface area contributed by atoms with E-state index in [2.05, 4.69) is 74.4 Å². The largest absolute Gasteiger partial charge is 0.324 e. The quantitative estimate of drug-likeness (QED) is 0.516. The van der Waals surface area contributed by atoms with Gasteiger partial charge in [-0.05, 0) is 83.8 Å². The fourth-order valence-electron chi connectivity index (χ4n) is 4.22. The monoisotopic (exact) mass is 330 g/mol. The molecule has 0 aliphatic rings. The third-order valence-electron chi connectivity index (χ3n) is 5.28. The van der Waals surface area contributed by atoms with Gasteiger partial charge in [0.1, 0.15) is 0 Å². The summed E-state index contributed by atoms with van der Waals surface area (Å²) in [4.78, 5) is 2.25. The molecule has 0 radical (unpaired) electrons. The summed E-state index contributed by atoms with van der Waals surface area (Å²) in [5, 5.41) is 8.04. The molecule has 0 saturated carbocycles. The van der Waals surface area contributed by atoms with E-state index in [4.69, 9.17) is 5.73 Å². The van der Waals surface area contributed by atoms with Gasteiger partial charge >= 0.3 is 0 Å². The molecule has 4 rings (SSSR count). The maximum atomic E-state index is 6.43. The van der Waals surface area contributed by atoms with Crippen LogP contribution < -0.4 is 5.73 Å². The number of rotatable bonds is 5. The average molecular weight is 330 g/mol. The van der Waals surface area contributed by atoms with Crippen LogP contribution in [0, 0.1) is 0 Å². The highest BCUT2D eigenvalue weighted by atomic mass is 15.0. The first-order valence-corrected chi connectivity index (χ1v) is 9.16. The zero-order valence-electron chi connectivity index (χ0n) is 15.3. The molecule has 0 saturated heterocycles. The molecule has 2 N–H and O–H groups in total. The maximum absolute atomic E-state index is 6.43. The van der Waals surface area contributed by atoms with Gasteiger partial charge in [-0.15, -0.1) is 0 Å². The van der Waals surface area contributed by atoms with Gasteiger partial charge in [-0.3, -0.25) is 0 Å². The van der Waals surface area contributed by atoms with Crippen LogP contribution in [0.5, 0.6) is 0 Å². The Kier molecular flexibility index (Phi) is 4.10. The number of aryl methyl sites for hydroxylation is 1. The van der Waals surface area contributed by atoms with Crippen LogP contribution in [0.25, 0.3) is 32.3 Å². The third kappa shape index (κ3) is 2.76. The summed E-state index contributed by atoms with van der Waals surface area (Å²) in [7, 11) is 4.26. The van der Waals surface area contributed by atoms with Gasteiger partial charge in [0.05, 0.1) is 0 Å². The van der Waals surface area contributed by atoms with Gasteiger partial charge in [0.15, 0.2) is 0 Å². The molecular weight excluding hydrogens is 304 g/mol. The molecule has 0 fully saturated rings. The lowest BCUT2D eigenvalue weighted by Crippen LogP contribution is -2.15. The first-order chi connectivity index (χ1) is 12.1. The zero-order chi connectivity index (χ0) is 17.6. The van der Waals surface area contributed by atoms with Crippen molar-refractivity contribution < 1.29 is 0 Å². The Morgan fingerprint density at radius 1 is 0.920 bits per heavy atom. The number of benzene rings is 4. The van der Waals surface area contributed by atoms with E-state index < -0.39 is 0 Å². The van der Waals surface area contributed by atoms with Crippen molar-refractivity contribution in [2.75, 3.05) is 20.6 Å². The minimum Gasteiger partial charge on any atom is -0.324 e. The van der Waals surface area contributed by atoms with Crippen molar-refractivity contribution >= 4 is 32.3 Å². The highest BCUT2D eigenvalue weighted by molar-refractivity contribution is 6.23. The predicted octanol–water partition coefficient (Wildman–Crippen LogP) is 5.10. The molecule has 1 atom stereocenters. The minimum absolute atomic E-state index is 0.0407. The molecule has 2 nitrogen and oxygen atoms in total. The second kappa shape index (κ2) is 6.29. The Morgan fingerprint density at radius 2 is 1.60 bits per heavy atom. The molecule has 1 unspecified atom stereocenters. The summed E-state index contributed by atoms with van der Waals surface area (Å²) in [5.41, 5.74) is 9.16. The lowest BCUT2D eigenvalue weighted by Gasteiger charge is -2.20. The molecule has 0 heterocycles. The van der Waals surface area contributed by atoms with E-state index in [9.17, 15) is 0 Å². The van der Waals surface area contributed by atoms with Crippen molar-refractivity contribution in [1.82, 2.24) is 4.90 Å². The summed E-state index contributed by atoms with van der Waals surface area (Å²) in [6.07, 6.45) is 2.23. The van der Waals surface area contributed by atoms with Crippen molar-refractivity contribution in [2.45, 2.75) is 25.8 Å². The van der Waals surface area contributed by atoms with Gasteiger partial charge < -0.3 is 10.6 Å². The van der Waals surface area contributed by atoms with Gasteiger partial charge in [-0.25, -0.2) is 0 Å². The van der Waals surface area contributed by atoms with E-state index >= 15 is 0 Å². The van der Waals surface area contributed by atoms with Crippen LogP contribution in [-0.4, -0.2) is 25.5 Å². The average Bonchev–Trinajstić information content (AvgIpc) is 2.58. The third-order valence-corrected chi connectivity index (χ3v) is 5.28. The van der Waals surface area contributed by atoms with E-state index in [1.54, 1.807) is 0 Å². The van der Waals surface area contributed by atoms with Crippen LogP contribution in [0.2, 0.25) is 0 Å². The lowest BCUT2D eigenvalue weighted by molar-refractivity contribution is 0.400. The molecule has 0 amide bonds. The van der Waals surface area contributed by atoms with Gasteiger partial charge in [0.2, 0.25) is 0 Å². The highest BCUT2D eigenvalue weighted by Crippen LogP contribution is 2.39. The van der Waals surface area contributed by atoms with Gasteiger partial charge in [-0.1, -0.05) is 48.5 Å². The molecule has 4 aromatic carbocycles. The van der Waals surface area contributed by atoms with Crippen molar-refractivity contribution in [3.63, 3.8) is 0 Å². The van der Waals surface area contributed by atoms with Gasteiger partial charge in [-0.2, -0.15) is 0 Å². The van der Waals surface area contributed by atoms with Crippen LogP contribution in [0.15, 0.2) is 48.5 Å². The van der Waals surface area contributed by atoms with E-state index in [-0.39, 0.29) is 6.04 Å². The van der Waals surface area contributed by atoms with Crippen molar-refractivity contribution in [1.29, 1.82) is 0 Å². The zero-order valence-corrected chi connectivity index (χ0v) is 15.3. The molecular formula is C23H26N2. The number of nitrogens with zero attached hydrogens (tertiary/aromatic N) is 1. The van der Waals surface area contributed by atoms with Gasteiger partial charge in [0, 0.05) is 6.04 Å². The first-order valence-electron chi connectivity index (χ1n) is 9.16. The molecule has 0 bridgehead atoms. The van der Waals surface area contributed by atoms with Gasteiger partial charge in [0.25, 0.3) is 0 Å². The van der Waals surface area contributed by atoms with E-state index in [0.717, 1.165) is 19.4 Å². The molecule has 25 heavy (non-hydrogen) atoms. The second-order valence-electron chi connectivity index (χ2n) is 7.50. The van der Waals surface area contributed by atoms with E-state index in [1.807, 2.05) is 0 Å². The van der Waals surface area contributed by atoms with Crippen LogP contribution >= 0.6 is 0 Å². The molecule has 128 valence electrons. The molecule has 2 heteroatoms. The molecule has 0 aliphatic carbocycles. The molecule has 0 spiro atoms. The maximum Gasteiger partial charge on any atom is 0.0275 e. The Balaban J connectivity index is 1.99. The minimum atomic E-state index is 0.0407. The SMILES string of the molecule is CC(N)c1c(CCCN(C)C)cc2ccc3cccc4ccc1c2c34. The lowest BCUT2D eigenvalue weighted by atomic mass is 9.86. The molecule has 4 aromatic rings. The fourth-order valence-corrected chi connectivity index (χ4v) is 4.22.